The van der Waals surface area contributed by atoms with E-state index in [4.69, 9.17) is 4.74 Å². The molecule has 5 rings (SSSR count). The van der Waals surface area contributed by atoms with Crippen LogP contribution in [0.3, 0.4) is 0 Å². The maximum atomic E-state index is 10.5. The summed E-state index contributed by atoms with van der Waals surface area (Å²) < 4.78 is 8.60. The standard InChI is InChI=1S/C10H9N3O2S.C10H15N3S.C3H5N3/c1-2-15-9-5-11-3-7(13-9)8-4-12-10(6-14)16-8;1-11-7-9-6-8(4-5-12-9)13-14-10-2-3-10;1-6-4-2-3-5-6/h3-6H,2H2,1H3;4-6,10-11H,2-3,7H2,1H3,(H,12,13);2-3H,1H3. The van der Waals surface area contributed by atoms with Crippen LogP contribution in [0, 0.1) is 0 Å². The van der Waals surface area contributed by atoms with Gasteiger partial charge >= 0.3 is 0 Å². The third kappa shape index (κ3) is 9.68. The smallest absolute Gasteiger partial charge is 0.232 e. The van der Waals surface area contributed by atoms with E-state index in [-0.39, 0.29) is 0 Å². The molecule has 0 aliphatic heterocycles. The molecule has 1 aliphatic carbocycles. The molecule has 0 atom stereocenters. The predicted molar refractivity (Wildman–Crippen MR) is 142 cm³/mol. The summed E-state index contributed by atoms with van der Waals surface area (Å²) in [4.78, 5) is 29.3. The van der Waals surface area contributed by atoms with Crippen molar-refractivity contribution in [2.24, 2.45) is 7.05 Å². The lowest BCUT2D eigenvalue weighted by Gasteiger charge is -2.05. The molecule has 4 heterocycles. The lowest BCUT2D eigenvalue weighted by molar-refractivity contribution is 0.112. The Bertz CT molecular complexity index is 1180. The van der Waals surface area contributed by atoms with Crippen molar-refractivity contribution in [1.29, 1.82) is 0 Å². The number of aryl methyl sites for hydroxylation is 1. The predicted octanol–water partition coefficient (Wildman–Crippen LogP) is 3.65. The highest BCUT2D eigenvalue weighted by Crippen LogP contribution is 2.34. The molecule has 1 saturated carbocycles. The van der Waals surface area contributed by atoms with Gasteiger partial charge in [-0.25, -0.2) is 9.97 Å². The number of hydrogen-bond donors (Lipinski definition) is 2. The SMILES string of the molecule is CCOc1cncc(-c2cnc(C=O)s2)n1.CNCc1cc(NSC2CC2)ccn1.Cn1nccn1. The molecule has 0 bridgehead atoms. The van der Waals surface area contributed by atoms with Gasteiger partial charge in [0, 0.05) is 36.9 Å². The lowest BCUT2D eigenvalue weighted by atomic mass is 10.3. The molecule has 4 aromatic heterocycles. The topological polar surface area (TPSA) is 133 Å². The summed E-state index contributed by atoms with van der Waals surface area (Å²) in [5.74, 6) is 0.473. The first-order valence-corrected chi connectivity index (χ1v) is 13.0. The Labute approximate surface area is 218 Å². The number of aldehydes is 1. The monoisotopic (exact) mass is 527 g/mol. The minimum atomic E-state index is 0.429. The molecule has 0 amide bonds. The van der Waals surface area contributed by atoms with Gasteiger partial charge in [0.1, 0.15) is 5.69 Å². The number of carbonyl (C=O) groups excluding carboxylic acids is 1. The van der Waals surface area contributed by atoms with Gasteiger partial charge in [0.25, 0.3) is 0 Å². The van der Waals surface area contributed by atoms with Crippen molar-refractivity contribution in [2.75, 3.05) is 18.4 Å². The van der Waals surface area contributed by atoms with E-state index in [1.807, 2.05) is 38.2 Å². The summed E-state index contributed by atoms with van der Waals surface area (Å²) >= 11 is 3.10. The van der Waals surface area contributed by atoms with Crippen molar-refractivity contribution in [3.63, 3.8) is 0 Å². The minimum Gasteiger partial charge on any atom is -0.477 e. The maximum absolute atomic E-state index is 10.5. The van der Waals surface area contributed by atoms with Crippen molar-refractivity contribution < 1.29 is 9.53 Å². The molecule has 11 nitrogen and oxygen atoms in total. The van der Waals surface area contributed by atoms with Crippen LogP contribution in [0.5, 0.6) is 5.88 Å². The Morgan fingerprint density at radius 3 is 2.61 bits per heavy atom. The summed E-state index contributed by atoms with van der Waals surface area (Å²) in [5, 5.41) is 11.8. The van der Waals surface area contributed by atoms with E-state index in [9.17, 15) is 4.79 Å². The Morgan fingerprint density at radius 2 is 2.00 bits per heavy atom. The van der Waals surface area contributed by atoms with Crippen LogP contribution in [-0.4, -0.2) is 60.1 Å². The number of anilines is 1. The first-order chi connectivity index (χ1) is 17.6. The lowest BCUT2D eigenvalue weighted by Crippen LogP contribution is -2.06. The highest BCUT2D eigenvalue weighted by atomic mass is 32.2. The second kappa shape index (κ2) is 14.9. The molecule has 190 valence electrons. The highest BCUT2D eigenvalue weighted by molar-refractivity contribution is 8.01. The summed E-state index contributed by atoms with van der Waals surface area (Å²) in [5.41, 5.74) is 2.90. The highest BCUT2D eigenvalue weighted by Gasteiger charge is 2.21. The van der Waals surface area contributed by atoms with Gasteiger partial charge in [-0.05, 0) is 50.9 Å². The van der Waals surface area contributed by atoms with Gasteiger partial charge in [-0.3, -0.25) is 14.8 Å². The van der Waals surface area contributed by atoms with Crippen LogP contribution in [0.2, 0.25) is 0 Å². The quantitative estimate of drug-likeness (QED) is 0.244. The molecule has 36 heavy (non-hydrogen) atoms. The van der Waals surface area contributed by atoms with E-state index in [0.717, 1.165) is 28.1 Å². The zero-order chi connectivity index (χ0) is 25.6. The Morgan fingerprint density at radius 1 is 1.19 bits per heavy atom. The first kappa shape index (κ1) is 27.2. The number of thiazole rings is 1. The van der Waals surface area contributed by atoms with Crippen LogP contribution in [0.25, 0.3) is 10.6 Å². The van der Waals surface area contributed by atoms with Crippen LogP contribution in [0.4, 0.5) is 5.69 Å². The van der Waals surface area contributed by atoms with Gasteiger partial charge in [-0.2, -0.15) is 15.0 Å². The van der Waals surface area contributed by atoms with Gasteiger partial charge in [-0.1, -0.05) is 0 Å². The van der Waals surface area contributed by atoms with Crippen LogP contribution in [0.1, 0.15) is 35.3 Å². The summed E-state index contributed by atoms with van der Waals surface area (Å²) in [7, 11) is 3.71. The van der Waals surface area contributed by atoms with E-state index < -0.39 is 0 Å². The second-order valence-electron chi connectivity index (χ2n) is 7.36. The summed E-state index contributed by atoms with van der Waals surface area (Å²) in [6, 6.07) is 4.10. The summed E-state index contributed by atoms with van der Waals surface area (Å²) in [6.45, 7) is 3.25. The van der Waals surface area contributed by atoms with E-state index >= 15 is 0 Å². The van der Waals surface area contributed by atoms with Crippen molar-refractivity contribution in [1.82, 2.24) is 40.2 Å². The molecule has 0 saturated heterocycles. The van der Waals surface area contributed by atoms with E-state index in [1.165, 1.54) is 29.0 Å². The molecule has 0 spiro atoms. The zero-order valence-corrected chi connectivity index (χ0v) is 22.0. The number of aromatic nitrogens is 7. The molecular formula is C23H29N9O2S2. The Balaban J connectivity index is 0.000000165. The molecule has 1 fully saturated rings. The maximum Gasteiger partial charge on any atom is 0.232 e. The number of hydrogen-bond acceptors (Lipinski definition) is 12. The number of ether oxygens (including phenoxy) is 1. The van der Waals surface area contributed by atoms with Gasteiger partial charge in [-0.15, -0.1) is 11.3 Å². The molecule has 13 heteroatoms. The van der Waals surface area contributed by atoms with Gasteiger partial charge in [0.05, 0.1) is 42.0 Å². The van der Waals surface area contributed by atoms with E-state index in [0.29, 0.717) is 29.5 Å². The molecule has 4 aromatic rings. The minimum absolute atomic E-state index is 0.429. The molecule has 1 aliphatic rings. The van der Waals surface area contributed by atoms with Crippen molar-refractivity contribution in [2.45, 2.75) is 31.6 Å². The first-order valence-electron chi connectivity index (χ1n) is 11.3. The van der Waals surface area contributed by atoms with Crippen LogP contribution >= 0.6 is 23.3 Å². The zero-order valence-electron chi connectivity index (χ0n) is 20.4. The fraction of sp³-hybridized carbons (Fsp3) is 0.348. The number of carbonyl (C=O) groups is 1. The van der Waals surface area contributed by atoms with Crippen LogP contribution < -0.4 is 14.8 Å². The fourth-order valence-corrected chi connectivity index (χ4v) is 4.07. The van der Waals surface area contributed by atoms with Crippen LogP contribution in [0.15, 0.2) is 49.3 Å². The molecule has 0 unspecified atom stereocenters. The molecule has 0 radical (unpaired) electrons. The Hall–Kier alpha value is -3.42. The average Bonchev–Trinajstić information content (AvgIpc) is 3.38. The van der Waals surface area contributed by atoms with E-state index in [1.54, 1.807) is 38.0 Å². The molecule has 2 N–H and O–H groups in total. The number of nitrogens with zero attached hydrogens (tertiary/aromatic N) is 7. The summed E-state index contributed by atoms with van der Waals surface area (Å²) in [6.07, 6.45) is 13.3. The average molecular weight is 528 g/mol. The normalized spacial score (nSPS) is 12.0. The fourth-order valence-electron chi connectivity index (χ4n) is 2.58. The number of nitrogens with one attached hydrogen (secondary N) is 2. The Kier molecular flexibility index (Phi) is 11.2. The third-order valence-electron chi connectivity index (χ3n) is 4.36. The van der Waals surface area contributed by atoms with E-state index in [2.05, 4.69) is 46.2 Å². The van der Waals surface area contributed by atoms with Gasteiger partial charge in [0.15, 0.2) is 11.3 Å². The number of pyridine rings is 1. The van der Waals surface area contributed by atoms with Crippen LogP contribution in [-0.2, 0) is 13.6 Å². The van der Waals surface area contributed by atoms with Gasteiger partial charge in [0.2, 0.25) is 5.88 Å². The second-order valence-corrected chi connectivity index (χ2v) is 9.53. The third-order valence-corrected chi connectivity index (χ3v) is 6.46. The van der Waals surface area contributed by atoms with Gasteiger partial charge < -0.3 is 14.8 Å². The largest absolute Gasteiger partial charge is 0.477 e. The van der Waals surface area contributed by atoms with Crippen molar-refractivity contribution in [3.05, 3.63) is 60.0 Å². The van der Waals surface area contributed by atoms with Crippen molar-refractivity contribution in [3.8, 4) is 16.5 Å². The number of rotatable bonds is 9. The van der Waals surface area contributed by atoms with Crippen molar-refractivity contribution >= 4 is 35.3 Å². The molecule has 0 aromatic carbocycles. The molecular weight excluding hydrogens is 498 g/mol.